The topological polar surface area (TPSA) is 3.24 Å². The first-order valence-corrected chi connectivity index (χ1v) is 6.65. The van der Waals surface area contributed by atoms with Gasteiger partial charge < -0.3 is 0 Å². The number of halogens is 1. The summed E-state index contributed by atoms with van der Waals surface area (Å²) in [5, 5.41) is 4.40. The molecule has 1 saturated heterocycles. The lowest BCUT2D eigenvalue weighted by Crippen LogP contribution is -2.19. The van der Waals surface area contributed by atoms with Gasteiger partial charge in [0.25, 0.3) is 0 Å². The van der Waals surface area contributed by atoms with Gasteiger partial charge in [-0.2, -0.15) is 11.3 Å². The Morgan fingerprint density at radius 1 is 1.57 bits per heavy atom. The Kier molecular flexibility index (Phi) is 3.85. The quantitative estimate of drug-likeness (QED) is 0.717. The van der Waals surface area contributed by atoms with E-state index in [4.69, 9.17) is 11.6 Å². The normalized spacial score (nSPS) is 23.1. The molecule has 1 aliphatic heterocycles. The third-order valence-electron chi connectivity index (χ3n) is 2.87. The van der Waals surface area contributed by atoms with Crippen molar-refractivity contribution < 1.29 is 0 Å². The van der Waals surface area contributed by atoms with Gasteiger partial charge in [0, 0.05) is 19.0 Å². The lowest BCUT2D eigenvalue weighted by molar-refractivity contribution is 0.316. The Bertz CT molecular complexity index is 260. The van der Waals surface area contributed by atoms with Gasteiger partial charge in [0.2, 0.25) is 0 Å². The minimum atomic E-state index is 0.816. The fourth-order valence-electron chi connectivity index (χ4n) is 2.09. The van der Waals surface area contributed by atoms with Crippen LogP contribution in [0.4, 0.5) is 0 Å². The van der Waals surface area contributed by atoms with Crippen LogP contribution in [0, 0.1) is 5.92 Å². The van der Waals surface area contributed by atoms with Gasteiger partial charge in [-0.1, -0.05) is 0 Å². The van der Waals surface area contributed by atoms with Crippen LogP contribution in [0.15, 0.2) is 16.8 Å². The Morgan fingerprint density at radius 2 is 2.50 bits per heavy atom. The Labute approximate surface area is 94.7 Å². The molecule has 2 rings (SSSR count). The second-order valence-corrected chi connectivity index (χ2v) is 5.16. The van der Waals surface area contributed by atoms with E-state index in [-0.39, 0.29) is 0 Å². The third-order valence-corrected chi connectivity index (χ3v) is 3.82. The van der Waals surface area contributed by atoms with Crippen molar-refractivity contribution in [1.82, 2.24) is 4.90 Å². The van der Waals surface area contributed by atoms with Crippen molar-refractivity contribution in [2.24, 2.45) is 5.92 Å². The molecular weight excluding hydrogens is 214 g/mol. The Morgan fingerprint density at radius 3 is 3.21 bits per heavy atom. The second-order valence-electron chi connectivity index (χ2n) is 4.00. The van der Waals surface area contributed by atoms with E-state index in [9.17, 15) is 0 Å². The lowest BCUT2D eigenvalue weighted by atomic mass is 10.1. The van der Waals surface area contributed by atoms with E-state index < -0.39 is 0 Å². The molecule has 0 radical (unpaired) electrons. The highest BCUT2D eigenvalue weighted by Gasteiger charge is 2.21. The molecule has 1 fully saturated rings. The van der Waals surface area contributed by atoms with E-state index >= 15 is 0 Å². The van der Waals surface area contributed by atoms with Gasteiger partial charge in [-0.15, -0.1) is 11.6 Å². The molecule has 1 aromatic heterocycles. The van der Waals surface area contributed by atoms with E-state index in [1.165, 1.54) is 31.5 Å². The summed E-state index contributed by atoms with van der Waals surface area (Å²) in [6.07, 6.45) is 2.51. The lowest BCUT2D eigenvalue weighted by Gasteiger charge is -2.14. The van der Waals surface area contributed by atoms with E-state index in [0.29, 0.717) is 0 Å². The van der Waals surface area contributed by atoms with Gasteiger partial charge in [0.05, 0.1) is 0 Å². The van der Waals surface area contributed by atoms with Crippen LogP contribution in [0.2, 0.25) is 0 Å². The van der Waals surface area contributed by atoms with Crippen LogP contribution in [0.3, 0.4) is 0 Å². The monoisotopic (exact) mass is 229 g/mol. The van der Waals surface area contributed by atoms with Gasteiger partial charge >= 0.3 is 0 Å². The highest BCUT2D eigenvalue weighted by molar-refractivity contribution is 7.07. The minimum Gasteiger partial charge on any atom is -0.299 e. The molecule has 78 valence electrons. The van der Waals surface area contributed by atoms with E-state index in [2.05, 4.69) is 21.7 Å². The summed E-state index contributed by atoms with van der Waals surface area (Å²) in [5.41, 5.74) is 1.46. The number of rotatable bonds is 4. The molecular formula is C11H16ClNS. The zero-order chi connectivity index (χ0) is 9.80. The van der Waals surface area contributed by atoms with Crippen LogP contribution >= 0.6 is 22.9 Å². The van der Waals surface area contributed by atoms with Crippen molar-refractivity contribution in [3.63, 3.8) is 0 Å². The molecule has 3 heteroatoms. The van der Waals surface area contributed by atoms with Crippen LogP contribution in [-0.4, -0.2) is 23.9 Å². The summed E-state index contributed by atoms with van der Waals surface area (Å²) in [4.78, 5) is 2.54. The summed E-state index contributed by atoms with van der Waals surface area (Å²) in [5.74, 6) is 1.66. The molecule has 1 unspecified atom stereocenters. The van der Waals surface area contributed by atoms with Gasteiger partial charge in [0.15, 0.2) is 0 Å². The fraction of sp³-hybridized carbons (Fsp3) is 0.636. The first kappa shape index (κ1) is 10.5. The third kappa shape index (κ3) is 2.72. The molecule has 2 heterocycles. The van der Waals surface area contributed by atoms with Crippen molar-refractivity contribution in [3.05, 3.63) is 22.4 Å². The molecule has 0 amide bonds. The minimum absolute atomic E-state index is 0.816. The first-order chi connectivity index (χ1) is 6.88. The van der Waals surface area contributed by atoms with E-state index in [1.807, 2.05) is 0 Å². The maximum absolute atomic E-state index is 5.76. The Hall–Kier alpha value is -0.0500. The maximum Gasteiger partial charge on any atom is 0.0242 e. The van der Waals surface area contributed by atoms with Gasteiger partial charge in [-0.25, -0.2) is 0 Å². The zero-order valence-corrected chi connectivity index (χ0v) is 9.86. The number of likely N-dealkylation sites (tertiary alicyclic amines) is 1. The molecule has 1 atom stereocenters. The zero-order valence-electron chi connectivity index (χ0n) is 8.29. The van der Waals surface area contributed by atoms with Crippen molar-refractivity contribution >= 4 is 22.9 Å². The van der Waals surface area contributed by atoms with Gasteiger partial charge in [-0.05, 0) is 47.7 Å². The highest BCUT2D eigenvalue weighted by Crippen LogP contribution is 2.22. The summed E-state index contributed by atoms with van der Waals surface area (Å²) in [7, 11) is 0. The molecule has 0 spiro atoms. The SMILES string of the molecule is ClCCC1CCN(Cc2ccsc2)C1. The maximum atomic E-state index is 5.76. The van der Waals surface area contributed by atoms with E-state index in [0.717, 1.165) is 18.3 Å². The van der Waals surface area contributed by atoms with Crippen molar-refractivity contribution in [3.8, 4) is 0 Å². The predicted molar refractivity (Wildman–Crippen MR) is 63.0 cm³/mol. The van der Waals surface area contributed by atoms with Crippen molar-refractivity contribution in [1.29, 1.82) is 0 Å². The van der Waals surface area contributed by atoms with Crippen LogP contribution in [-0.2, 0) is 6.54 Å². The number of hydrogen-bond donors (Lipinski definition) is 0. The molecule has 0 bridgehead atoms. The molecule has 1 nitrogen and oxygen atoms in total. The number of alkyl halides is 1. The largest absolute Gasteiger partial charge is 0.299 e. The highest BCUT2D eigenvalue weighted by atomic mass is 35.5. The van der Waals surface area contributed by atoms with Crippen molar-refractivity contribution in [2.45, 2.75) is 19.4 Å². The van der Waals surface area contributed by atoms with Crippen molar-refractivity contribution in [2.75, 3.05) is 19.0 Å². The van der Waals surface area contributed by atoms with E-state index in [1.54, 1.807) is 11.3 Å². The number of thiophene rings is 1. The smallest absolute Gasteiger partial charge is 0.0242 e. The first-order valence-electron chi connectivity index (χ1n) is 5.18. The summed E-state index contributed by atoms with van der Waals surface area (Å²) in [6.45, 7) is 3.61. The van der Waals surface area contributed by atoms with Crippen LogP contribution in [0.5, 0.6) is 0 Å². The molecule has 14 heavy (non-hydrogen) atoms. The standard InChI is InChI=1S/C11H16ClNS/c12-4-1-10-2-5-13(7-10)8-11-3-6-14-9-11/h3,6,9-10H,1-2,4-5,7-8H2. The van der Waals surface area contributed by atoms with Crippen LogP contribution < -0.4 is 0 Å². The molecule has 0 saturated carbocycles. The Balaban J connectivity index is 1.79. The molecule has 0 aromatic carbocycles. The average Bonchev–Trinajstić information content (AvgIpc) is 2.79. The molecule has 0 N–H and O–H groups in total. The second kappa shape index (κ2) is 5.15. The fourth-order valence-corrected chi connectivity index (χ4v) is 3.06. The molecule has 0 aliphatic carbocycles. The predicted octanol–water partition coefficient (Wildman–Crippen LogP) is 3.20. The molecule has 1 aliphatic rings. The summed E-state index contributed by atoms with van der Waals surface area (Å²) in [6, 6.07) is 2.22. The van der Waals surface area contributed by atoms with Gasteiger partial charge in [-0.3, -0.25) is 4.90 Å². The summed E-state index contributed by atoms with van der Waals surface area (Å²) >= 11 is 7.54. The van der Waals surface area contributed by atoms with Crippen LogP contribution in [0.25, 0.3) is 0 Å². The van der Waals surface area contributed by atoms with Gasteiger partial charge in [0.1, 0.15) is 0 Å². The van der Waals surface area contributed by atoms with Crippen LogP contribution in [0.1, 0.15) is 18.4 Å². The number of hydrogen-bond acceptors (Lipinski definition) is 2. The summed E-state index contributed by atoms with van der Waals surface area (Å²) < 4.78 is 0. The molecule has 1 aromatic rings. The average molecular weight is 230 g/mol. The number of nitrogens with zero attached hydrogens (tertiary/aromatic N) is 1.